The highest BCUT2D eigenvalue weighted by Crippen LogP contribution is 2.29. The van der Waals surface area contributed by atoms with Gasteiger partial charge >= 0.3 is 6.03 Å². The van der Waals surface area contributed by atoms with E-state index in [9.17, 15) is 4.79 Å². The third-order valence-electron chi connectivity index (χ3n) is 4.81. The first-order valence-electron chi connectivity index (χ1n) is 10.4. The fourth-order valence-electron chi connectivity index (χ4n) is 3.18. The Labute approximate surface area is 192 Å². The van der Waals surface area contributed by atoms with Crippen LogP contribution in [0.2, 0.25) is 10.0 Å². The molecule has 0 aliphatic carbocycles. The Balaban J connectivity index is 1.85. The first-order chi connectivity index (χ1) is 15.0. The molecule has 8 heteroatoms. The predicted molar refractivity (Wildman–Crippen MR) is 129 cm³/mol. The largest absolute Gasteiger partial charge is 0.324 e. The maximum atomic E-state index is 12.7. The summed E-state index contributed by atoms with van der Waals surface area (Å²) < 4.78 is 1.77. The summed E-state index contributed by atoms with van der Waals surface area (Å²) in [5.41, 5.74) is 3.46. The molecule has 0 spiro atoms. The Kier molecular flexibility index (Phi) is 8.35. The van der Waals surface area contributed by atoms with E-state index >= 15 is 0 Å². The number of aromatic nitrogens is 2. The number of halogens is 2. The van der Waals surface area contributed by atoms with Crippen LogP contribution in [-0.4, -0.2) is 29.4 Å². The summed E-state index contributed by atoms with van der Waals surface area (Å²) in [5, 5.41) is 14.2. The summed E-state index contributed by atoms with van der Waals surface area (Å²) in [4.78, 5) is 12.7. The van der Waals surface area contributed by atoms with E-state index in [1.165, 1.54) is 5.56 Å². The number of hydrogen-bond donors (Lipinski definition) is 3. The van der Waals surface area contributed by atoms with Gasteiger partial charge in [0.15, 0.2) is 0 Å². The molecule has 3 rings (SSSR count). The molecule has 31 heavy (non-hydrogen) atoms. The highest BCUT2D eigenvalue weighted by molar-refractivity contribution is 6.44. The Morgan fingerprint density at radius 3 is 2.65 bits per heavy atom. The number of nitrogens with one attached hydrogen (secondary N) is 3. The van der Waals surface area contributed by atoms with Crippen LogP contribution in [0, 0.1) is 0 Å². The lowest BCUT2D eigenvalue weighted by molar-refractivity contribution is 0.262. The number of aryl methyl sites for hydroxylation is 1. The number of nitrogens with zero attached hydrogens (tertiary/aromatic N) is 2. The second kappa shape index (κ2) is 11.2. The highest BCUT2D eigenvalue weighted by Gasteiger charge is 2.14. The van der Waals surface area contributed by atoms with Crippen molar-refractivity contribution in [2.45, 2.75) is 32.6 Å². The van der Waals surface area contributed by atoms with Gasteiger partial charge in [0.25, 0.3) is 0 Å². The van der Waals surface area contributed by atoms with Crippen molar-refractivity contribution >= 4 is 40.7 Å². The fourth-order valence-corrected chi connectivity index (χ4v) is 3.53. The quantitative estimate of drug-likeness (QED) is 0.371. The molecule has 1 aromatic heterocycles. The van der Waals surface area contributed by atoms with Gasteiger partial charge in [-0.1, -0.05) is 54.7 Å². The zero-order valence-electron chi connectivity index (χ0n) is 17.7. The van der Waals surface area contributed by atoms with Crippen LogP contribution in [0.5, 0.6) is 0 Å². The third kappa shape index (κ3) is 6.23. The van der Waals surface area contributed by atoms with Gasteiger partial charge in [0, 0.05) is 6.07 Å². The Hall–Kier alpha value is -2.54. The Morgan fingerprint density at radius 1 is 1.06 bits per heavy atom. The minimum Gasteiger partial charge on any atom is -0.319 e. The smallest absolute Gasteiger partial charge is 0.319 e. The lowest BCUT2D eigenvalue weighted by Crippen LogP contribution is -2.21. The molecule has 3 aromatic rings. The molecule has 2 amide bonds. The number of urea groups is 1. The molecular formula is C23H27Cl2N5O. The van der Waals surface area contributed by atoms with Gasteiger partial charge in [0.2, 0.25) is 0 Å². The van der Waals surface area contributed by atoms with Gasteiger partial charge in [-0.2, -0.15) is 5.10 Å². The number of carbonyl (C=O) groups is 1. The van der Waals surface area contributed by atoms with E-state index in [4.69, 9.17) is 28.3 Å². The Bertz CT molecular complexity index is 1030. The van der Waals surface area contributed by atoms with Crippen molar-refractivity contribution in [1.82, 2.24) is 15.1 Å². The van der Waals surface area contributed by atoms with E-state index in [1.807, 2.05) is 25.2 Å². The van der Waals surface area contributed by atoms with Crippen LogP contribution in [0.15, 0.2) is 48.5 Å². The summed E-state index contributed by atoms with van der Waals surface area (Å²) >= 11 is 12.2. The molecule has 164 valence electrons. The molecule has 0 fully saturated rings. The van der Waals surface area contributed by atoms with E-state index in [1.54, 1.807) is 22.9 Å². The van der Waals surface area contributed by atoms with Crippen LogP contribution in [0.25, 0.3) is 5.69 Å². The maximum Gasteiger partial charge on any atom is 0.324 e. The zero-order chi connectivity index (χ0) is 22.2. The van der Waals surface area contributed by atoms with Crippen LogP contribution in [-0.2, 0) is 12.8 Å². The number of benzene rings is 2. The minimum absolute atomic E-state index is 0.300. The number of amides is 2. The number of rotatable bonds is 9. The van der Waals surface area contributed by atoms with Crippen molar-refractivity contribution in [2.24, 2.45) is 0 Å². The molecule has 0 radical (unpaired) electrons. The fraction of sp³-hybridized carbons (Fsp3) is 0.304. The zero-order valence-corrected chi connectivity index (χ0v) is 19.2. The summed E-state index contributed by atoms with van der Waals surface area (Å²) in [6.07, 6.45) is 3.86. The van der Waals surface area contributed by atoms with Gasteiger partial charge < -0.3 is 10.6 Å². The molecular weight excluding hydrogens is 433 g/mol. The van der Waals surface area contributed by atoms with E-state index in [-0.39, 0.29) is 0 Å². The summed E-state index contributed by atoms with van der Waals surface area (Å²) in [6.45, 7) is 3.03. The molecule has 0 aliphatic heterocycles. The maximum absolute atomic E-state index is 12.7. The average Bonchev–Trinajstić information content (AvgIpc) is 3.16. The topological polar surface area (TPSA) is 71.0 Å². The van der Waals surface area contributed by atoms with Crippen molar-refractivity contribution in [3.05, 3.63) is 69.8 Å². The minimum atomic E-state index is -0.418. The van der Waals surface area contributed by atoms with Crippen LogP contribution in [0.1, 0.15) is 31.0 Å². The molecule has 0 unspecified atom stereocenters. The number of unbranched alkanes of at least 4 members (excludes halogenated alkanes) is 1. The second-order valence-electron chi connectivity index (χ2n) is 7.24. The van der Waals surface area contributed by atoms with Crippen molar-refractivity contribution in [2.75, 3.05) is 24.2 Å². The van der Waals surface area contributed by atoms with Gasteiger partial charge in [0.1, 0.15) is 5.82 Å². The normalized spacial score (nSPS) is 10.8. The van der Waals surface area contributed by atoms with E-state index < -0.39 is 6.03 Å². The van der Waals surface area contributed by atoms with Crippen molar-refractivity contribution < 1.29 is 4.79 Å². The molecule has 0 aliphatic rings. The molecule has 0 saturated carbocycles. The molecule has 0 saturated heterocycles. The SMILES string of the molecule is CCCCc1cc(NC(=O)Nc2cccc(Cl)c2Cl)n(-c2cccc(CCNC)c2)n1. The van der Waals surface area contributed by atoms with E-state index in [0.29, 0.717) is 21.6 Å². The summed E-state index contributed by atoms with van der Waals surface area (Å²) in [7, 11) is 1.93. The van der Waals surface area contributed by atoms with Crippen molar-refractivity contribution in [3.63, 3.8) is 0 Å². The Morgan fingerprint density at radius 2 is 1.87 bits per heavy atom. The number of likely N-dealkylation sites (N-methyl/N-ethyl adjacent to an activating group) is 1. The molecule has 0 atom stereocenters. The monoisotopic (exact) mass is 459 g/mol. The first-order valence-corrected chi connectivity index (χ1v) is 11.1. The van der Waals surface area contributed by atoms with Crippen LogP contribution >= 0.6 is 23.2 Å². The summed E-state index contributed by atoms with van der Waals surface area (Å²) in [5.74, 6) is 0.590. The van der Waals surface area contributed by atoms with Gasteiger partial charge in [0.05, 0.1) is 27.1 Å². The van der Waals surface area contributed by atoms with Gasteiger partial charge in [-0.15, -0.1) is 0 Å². The second-order valence-corrected chi connectivity index (χ2v) is 8.03. The molecule has 1 heterocycles. The average molecular weight is 460 g/mol. The summed E-state index contributed by atoms with van der Waals surface area (Å²) in [6, 6.07) is 14.8. The molecule has 6 nitrogen and oxygen atoms in total. The van der Waals surface area contributed by atoms with E-state index in [2.05, 4.69) is 35.0 Å². The molecule has 3 N–H and O–H groups in total. The standard InChI is InChI=1S/C23H27Cl2N5O/c1-3-4-8-17-15-21(28-23(31)27-20-11-6-10-19(24)22(20)25)30(29-17)18-9-5-7-16(14-18)12-13-26-2/h5-7,9-11,14-15,26H,3-4,8,12-13H2,1-2H3,(H2,27,28,31). The van der Waals surface area contributed by atoms with E-state index in [0.717, 1.165) is 43.6 Å². The van der Waals surface area contributed by atoms with Gasteiger partial charge in [-0.05, 0) is 62.7 Å². The highest BCUT2D eigenvalue weighted by atomic mass is 35.5. The lowest BCUT2D eigenvalue weighted by atomic mass is 10.1. The van der Waals surface area contributed by atoms with Crippen LogP contribution in [0.3, 0.4) is 0 Å². The van der Waals surface area contributed by atoms with Crippen LogP contribution < -0.4 is 16.0 Å². The molecule has 2 aromatic carbocycles. The van der Waals surface area contributed by atoms with Crippen LogP contribution in [0.4, 0.5) is 16.3 Å². The predicted octanol–water partition coefficient (Wildman–Crippen LogP) is 5.93. The number of carbonyl (C=O) groups excluding carboxylic acids is 1. The van der Waals surface area contributed by atoms with Crippen molar-refractivity contribution in [3.8, 4) is 5.69 Å². The first kappa shape index (κ1) is 23.1. The number of hydrogen-bond acceptors (Lipinski definition) is 3. The van der Waals surface area contributed by atoms with Gasteiger partial charge in [-0.25, -0.2) is 9.48 Å². The number of anilines is 2. The van der Waals surface area contributed by atoms with Gasteiger partial charge in [-0.3, -0.25) is 5.32 Å². The third-order valence-corrected chi connectivity index (χ3v) is 5.63. The molecule has 0 bridgehead atoms. The lowest BCUT2D eigenvalue weighted by Gasteiger charge is -2.12. The van der Waals surface area contributed by atoms with Crippen molar-refractivity contribution in [1.29, 1.82) is 0 Å².